The molecule has 4 rings (SSSR count). The van der Waals surface area contributed by atoms with E-state index >= 15 is 0 Å². The molecule has 0 spiro atoms. The molecule has 1 amide bonds. The summed E-state index contributed by atoms with van der Waals surface area (Å²) in [5, 5.41) is 12.0. The number of benzene rings is 2. The SMILES string of the molecule is O=C(N[C@@H](CCN1CCOCC1)C(=O)O)OCC1c2ccccc2-c2ccccc21. The number of carbonyl (C=O) groups excluding carboxylic acids is 1. The maximum Gasteiger partial charge on any atom is 0.407 e. The number of hydrogen-bond acceptors (Lipinski definition) is 5. The molecule has 2 aromatic rings. The van der Waals surface area contributed by atoms with Crippen LogP contribution in [0, 0.1) is 0 Å². The number of morpholine rings is 1. The van der Waals surface area contributed by atoms with E-state index in [-0.39, 0.29) is 12.5 Å². The van der Waals surface area contributed by atoms with Gasteiger partial charge in [-0.15, -0.1) is 0 Å². The number of amides is 1. The van der Waals surface area contributed by atoms with Gasteiger partial charge in [-0.2, -0.15) is 0 Å². The van der Waals surface area contributed by atoms with Crippen LogP contribution in [0.25, 0.3) is 11.1 Å². The Morgan fingerprint density at radius 2 is 1.67 bits per heavy atom. The van der Waals surface area contributed by atoms with Gasteiger partial charge in [0.25, 0.3) is 0 Å². The van der Waals surface area contributed by atoms with Gasteiger partial charge in [0.15, 0.2) is 0 Å². The third-order valence-electron chi connectivity index (χ3n) is 5.77. The van der Waals surface area contributed by atoms with Crippen molar-refractivity contribution in [1.29, 1.82) is 0 Å². The minimum Gasteiger partial charge on any atom is -0.480 e. The number of hydrogen-bond donors (Lipinski definition) is 2. The monoisotopic (exact) mass is 410 g/mol. The number of fused-ring (bicyclic) bond motifs is 3. The standard InChI is InChI=1S/C23H26N2O5/c26-22(27)21(9-10-25-11-13-29-14-12-25)24-23(28)30-15-20-18-7-3-1-5-16(18)17-6-2-4-8-19(17)20/h1-8,20-21H,9-15H2,(H,24,28)(H,26,27)/t21-/m0/s1. The molecule has 1 atom stereocenters. The molecular weight excluding hydrogens is 384 g/mol. The molecule has 0 aromatic heterocycles. The van der Waals surface area contributed by atoms with E-state index in [9.17, 15) is 14.7 Å². The first-order valence-corrected chi connectivity index (χ1v) is 10.3. The highest BCUT2D eigenvalue weighted by atomic mass is 16.5. The van der Waals surface area contributed by atoms with Crippen molar-refractivity contribution < 1.29 is 24.2 Å². The average Bonchev–Trinajstić information content (AvgIpc) is 3.09. The molecule has 2 aliphatic rings. The zero-order chi connectivity index (χ0) is 20.9. The third kappa shape index (κ3) is 4.47. The topological polar surface area (TPSA) is 88.1 Å². The van der Waals surface area contributed by atoms with E-state index in [1.54, 1.807) is 0 Å². The number of carboxylic acid groups (broad SMARTS) is 1. The predicted molar refractivity (Wildman–Crippen MR) is 112 cm³/mol. The lowest BCUT2D eigenvalue weighted by atomic mass is 9.98. The summed E-state index contributed by atoms with van der Waals surface area (Å²) in [5.74, 6) is -1.11. The van der Waals surface area contributed by atoms with Gasteiger partial charge in [-0.3, -0.25) is 4.90 Å². The molecule has 30 heavy (non-hydrogen) atoms. The van der Waals surface area contributed by atoms with Gasteiger partial charge in [-0.05, 0) is 28.7 Å². The summed E-state index contributed by atoms with van der Waals surface area (Å²) < 4.78 is 10.8. The zero-order valence-corrected chi connectivity index (χ0v) is 16.8. The van der Waals surface area contributed by atoms with Crippen molar-refractivity contribution in [2.45, 2.75) is 18.4 Å². The lowest BCUT2D eigenvalue weighted by molar-refractivity contribution is -0.139. The molecule has 0 bridgehead atoms. The maximum absolute atomic E-state index is 12.4. The minimum absolute atomic E-state index is 0.0558. The van der Waals surface area contributed by atoms with E-state index in [4.69, 9.17) is 9.47 Å². The molecule has 0 radical (unpaired) electrons. The van der Waals surface area contributed by atoms with Gasteiger partial charge in [0, 0.05) is 25.6 Å². The van der Waals surface area contributed by atoms with Crippen molar-refractivity contribution in [1.82, 2.24) is 10.2 Å². The van der Waals surface area contributed by atoms with Gasteiger partial charge in [0.1, 0.15) is 12.6 Å². The molecule has 0 unspecified atom stereocenters. The summed E-state index contributed by atoms with van der Waals surface area (Å²) in [7, 11) is 0. The van der Waals surface area contributed by atoms with Gasteiger partial charge < -0.3 is 19.9 Å². The summed E-state index contributed by atoms with van der Waals surface area (Å²) in [6.45, 7) is 3.60. The van der Waals surface area contributed by atoms with Crippen LogP contribution in [0.15, 0.2) is 48.5 Å². The van der Waals surface area contributed by atoms with Crippen LogP contribution in [0.1, 0.15) is 23.5 Å². The second-order valence-corrected chi connectivity index (χ2v) is 7.60. The first kappa shape index (κ1) is 20.4. The predicted octanol–water partition coefficient (Wildman–Crippen LogP) is 2.70. The Morgan fingerprint density at radius 1 is 1.07 bits per heavy atom. The minimum atomic E-state index is -1.06. The van der Waals surface area contributed by atoms with Crippen LogP contribution in [0.4, 0.5) is 4.79 Å². The molecule has 1 saturated heterocycles. The number of alkyl carbamates (subject to hydrolysis) is 1. The van der Waals surface area contributed by atoms with Crippen molar-refractivity contribution >= 4 is 12.1 Å². The zero-order valence-electron chi connectivity index (χ0n) is 16.8. The van der Waals surface area contributed by atoms with Crippen molar-refractivity contribution in [3.05, 3.63) is 59.7 Å². The van der Waals surface area contributed by atoms with Crippen molar-refractivity contribution in [2.75, 3.05) is 39.5 Å². The Morgan fingerprint density at radius 3 is 2.27 bits per heavy atom. The molecule has 2 N–H and O–H groups in total. The summed E-state index contributed by atoms with van der Waals surface area (Å²) >= 11 is 0. The second-order valence-electron chi connectivity index (χ2n) is 7.60. The average molecular weight is 410 g/mol. The van der Waals surface area contributed by atoms with Crippen molar-refractivity contribution in [3.8, 4) is 11.1 Å². The van der Waals surface area contributed by atoms with Crippen molar-refractivity contribution in [3.63, 3.8) is 0 Å². The van der Waals surface area contributed by atoms with Gasteiger partial charge in [0.2, 0.25) is 0 Å². The molecule has 1 heterocycles. The molecule has 1 aliphatic carbocycles. The molecule has 2 aromatic carbocycles. The van der Waals surface area contributed by atoms with Crippen LogP contribution in [0.2, 0.25) is 0 Å². The van der Waals surface area contributed by atoms with Crippen LogP contribution in [-0.2, 0) is 14.3 Å². The van der Waals surface area contributed by atoms with Gasteiger partial charge in [-0.25, -0.2) is 9.59 Å². The summed E-state index contributed by atoms with van der Waals surface area (Å²) in [4.78, 5) is 26.1. The van der Waals surface area contributed by atoms with Crippen molar-refractivity contribution in [2.24, 2.45) is 0 Å². The Bertz CT molecular complexity index is 864. The number of carboxylic acids is 1. The van der Waals surface area contributed by atoms with Gasteiger partial charge in [-0.1, -0.05) is 48.5 Å². The van der Waals surface area contributed by atoms with Crippen LogP contribution in [0.5, 0.6) is 0 Å². The highest BCUT2D eigenvalue weighted by Crippen LogP contribution is 2.44. The number of rotatable bonds is 7. The largest absolute Gasteiger partial charge is 0.480 e. The number of nitrogens with one attached hydrogen (secondary N) is 1. The third-order valence-corrected chi connectivity index (χ3v) is 5.77. The molecule has 7 nitrogen and oxygen atoms in total. The molecule has 7 heteroatoms. The van der Waals surface area contributed by atoms with Gasteiger partial charge >= 0.3 is 12.1 Å². The fourth-order valence-electron chi connectivity index (χ4n) is 4.18. The van der Waals surface area contributed by atoms with Crippen LogP contribution >= 0.6 is 0 Å². The highest BCUT2D eigenvalue weighted by molar-refractivity contribution is 5.81. The van der Waals surface area contributed by atoms with E-state index in [2.05, 4.69) is 22.3 Å². The Hall–Kier alpha value is -2.90. The molecule has 0 saturated carbocycles. The summed E-state index contributed by atoms with van der Waals surface area (Å²) in [5.41, 5.74) is 4.54. The Labute approximate surface area is 175 Å². The fraction of sp³-hybridized carbons (Fsp3) is 0.391. The first-order chi connectivity index (χ1) is 14.6. The maximum atomic E-state index is 12.4. The highest BCUT2D eigenvalue weighted by Gasteiger charge is 2.29. The lowest BCUT2D eigenvalue weighted by Crippen LogP contribution is -2.45. The Kier molecular flexibility index (Phi) is 6.30. The molecule has 158 valence electrons. The smallest absolute Gasteiger partial charge is 0.407 e. The molecule has 1 aliphatic heterocycles. The number of carbonyl (C=O) groups is 2. The lowest BCUT2D eigenvalue weighted by Gasteiger charge is -2.27. The summed E-state index contributed by atoms with van der Waals surface area (Å²) in [6, 6.07) is 15.2. The van der Waals surface area contributed by atoms with E-state index in [0.29, 0.717) is 26.2 Å². The number of nitrogens with zero attached hydrogens (tertiary/aromatic N) is 1. The number of aliphatic carboxylic acids is 1. The van der Waals surface area contributed by atoms with E-state index in [1.807, 2.05) is 36.4 Å². The first-order valence-electron chi connectivity index (χ1n) is 10.3. The quantitative estimate of drug-likeness (QED) is 0.730. The normalized spacial score (nSPS) is 17.1. The summed E-state index contributed by atoms with van der Waals surface area (Å²) in [6.07, 6.45) is -0.384. The fourth-order valence-corrected chi connectivity index (χ4v) is 4.18. The molecular formula is C23H26N2O5. The Balaban J connectivity index is 1.35. The van der Waals surface area contributed by atoms with E-state index in [1.165, 1.54) is 0 Å². The van der Waals surface area contributed by atoms with Crippen LogP contribution in [-0.4, -0.2) is 67.6 Å². The molecule has 1 fully saturated rings. The van der Waals surface area contributed by atoms with Crippen LogP contribution in [0.3, 0.4) is 0 Å². The van der Waals surface area contributed by atoms with Gasteiger partial charge in [0.05, 0.1) is 13.2 Å². The van der Waals surface area contributed by atoms with E-state index < -0.39 is 18.1 Å². The second kappa shape index (κ2) is 9.28. The van der Waals surface area contributed by atoms with E-state index in [0.717, 1.165) is 35.3 Å². The van der Waals surface area contributed by atoms with Crippen LogP contribution < -0.4 is 5.32 Å². The number of ether oxygens (including phenoxy) is 2.